The first kappa shape index (κ1) is 14.3. The quantitative estimate of drug-likeness (QED) is 0.810. The van der Waals surface area contributed by atoms with Gasteiger partial charge in [-0.25, -0.2) is 14.5 Å². The summed E-state index contributed by atoms with van der Waals surface area (Å²) >= 11 is 3.38. The second-order valence-corrected chi connectivity index (χ2v) is 5.09. The van der Waals surface area contributed by atoms with E-state index in [1.165, 1.54) is 17.1 Å². The third-order valence-electron chi connectivity index (χ3n) is 2.50. The minimum atomic E-state index is -1.06. The Labute approximate surface area is 123 Å². The van der Waals surface area contributed by atoms with Crippen LogP contribution in [0.1, 0.15) is 24.2 Å². The number of nitrogen functional groups attached to an aromatic ring is 1. The minimum absolute atomic E-state index is 0.0561. The van der Waals surface area contributed by atoms with Gasteiger partial charge < -0.3 is 14.8 Å². The zero-order valence-electron chi connectivity index (χ0n) is 10.9. The zero-order valence-corrected chi connectivity index (χ0v) is 12.4. The van der Waals surface area contributed by atoms with Crippen molar-refractivity contribution in [2.75, 3.05) is 9.66 Å². The van der Waals surface area contributed by atoms with Crippen LogP contribution in [0.5, 0.6) is 0 Å². The van der Waals surface area contributed by atoms with Crippen molar-refractivity contribution >= 4 is 33.6 Å². The molecule has 0 unspecified atom stereocenters. The van der Waals surface area contributed by atoms with Gasteiger partial charge in [0.25, 0.3) is 5.95 Å². The highest BCUT2D eigenvalue weighted by atomic mass is 79.9. The van der Waals surface area contributed by atoms with Crippen LogP contribution in [0.2, 0.25) is 0 Å². The average molecular weight is 341 g/mol. The van der Waals surface area contributed by atoms with E-state index in [0.717, 1.165) is 0 Å². The molecule has 2 aromatic heterocycles. The Bertz CT molecular complexity index is 642. The molecule has 0 aromatic carbocycles. The number of rotatable bonds is 4. The van der Waals surface area contributed by atoms with Gasteiger partial charge in [0.1, 0.15) is 5.69 Å². The van der Waals surface area contributed by atoms with E-state index >= 15 is 0 Å². The van der Waals surface area contributed by atoms with Crippen LogP contribution in [0, 0.1) is 0 Å². The van der Waals surface area contributed by atoms with Crippen molar-refractivity contribution in [3.8, 4) is 5.95 Å². The molecule has 0 bridgehead atoms. The third-order valence-corrected chi connectivity index (χ3v) is 3.70. The van der Waals surface area contributed by atoms with E-state index in [1.807, 2.05) is 13.8 Å². The number of anilines is 2. The van der Waals surface area contributed by atoms with E-state index in [9.17, 15) is 4.79 Å². The van der Waals surface area contributed by atoms with Crippen LogP contribution in [0.15, 0.2) is 18.6 Å². The second-order valence-electron chi connectivity index (χ2n) is 4.32. The van der Waals surface area contributed by atoms with E-state index in [0.29, 0.717) is 5.69 Å². The topological polar surface area (TPSA) is 110 Å². The first-order chi connectivity index (χ1) is 9.40. The molecule has 2 heterocycles. The van der Waals surface area contributed by atoms with Gasteiger partial charge in [0, 0.05) is 12.2 Å². The van der Waals surface area contributed by atoms with Crippen molar-refractivity contribution in [1.29, 1.82) is 0 Å². The average Bonchev–Trinajstić information content (AvgIpc) is 2.87. The van der Waals surface area contributed by atoms with Gasteiger partial charge in [-0.15, -0.1) is 0 Å². The first-order valence-corrected chi connectivity index (χ1v) is 6.47. The molecule has 2 aromatic rings. The van der Waals surface area contributed by atoms with Crippen LogP contribution in [-0.4, -0.2) is 36.9 Å². The Kier molecular flexibility index (Phi) is 3.89. The van der Waals surface area contributed by atoms with Gasteiger partial charge in [0.15, 0.2) is 5.82 Å². The van der Waals surface area contributed by atoms with Gasteiger partial charge >= 0.3 is 5.97 Å². The monoisotopic (exact) mass is 340 g/mol. The lowest BCUT2D eigenvalue weighted by atomic mass is 10.3. The van der Waals surface area contributed by atoms with Crippen LogP contribution in [0.4, 0.5) is 11.5 Å². The molecule has 0 aliphatic heterocycles. The molecule has 0 aliphatic rings. The molecule has 0 amide bonds. The standard InChI is InChI=1S/C11H13BrN6O2/c1-6(2)18(12)8-4-14-11(16-9(8)13)17-5-7(3-15-17)10(19)20/h3-6H,1-2H3,(H,19,20)(H2,13,14,16). The SMILES string of the molecule is CC(C)N(Br)c1cnc(-n2cc(C(=O)O)cn2)nc1N. The Balaban J connectivity index is 2.35. The Hall–Kier alpha value is -2.16. The maximum absolute atomic E-state index is 10.8. The van der Waals surface area contributed by atoms with E-state index in [-0.39, 0.29) is 23.4 Å². The molecule has 106 valence electrons. The number of nitrogens with zero attached hydrogens (tertiary/aromatic N) is 5. The maximum atomic E-state index is 10.8. The molecule has 20 heavy (non-hydrogen) atoms. The fraction of sp³-hybridized carbons (Fsp3) is 0.273. The number of halogens is 1. The van der Waals surface area contributed by atoms with Gasteiger partial charge in [-0.3, -0.25) is 0 Å². The summed E-state index contributed by atoms with van der Waals surface area (Å²) in [5.41, 5.74) is 6.57. The highest BCUT2D eigenvalue weighted by molar-refractivity contribution is 9.10. The molecule has 0 radical (unpaired) electrons. The number of aromatic nitrogens is 4. The number of carboxylic acids is 1. The number of aromatic carboxylic acids is 1. The minimum Gasteiger partial charge on any atom is -0.478 e. The Morgan fingerprint density at radius 3 is 2.70 bits per heavy atom. The maximum Gasteiger partial charge on any atom is 0.338 e. The van der Waals surface area contributed by atoms with Crippen molar-refractivity contribution in [1.82, 2.24) is 19.7 Å². The summed E-state index contributed by atoms with van der Waals surface area (Å²) in [4.78, 5) is 19.1. The van der Waals surface area contributed by atoms with Crippen LogP contribution in [0.25, 0.3) is 5.95 Å². The zero-order chi connectivity index (χ0) is 14.9. The van der Waals surface area contributed by atoms with Crippen LogP contribution in [-0.2, 0) is 0 Å². The molecule has 2 rings (SSSR count). The molecule has 8 nitrogen and oxygen atoms in total. The van der Waals surface area contributed by atoms with Crippen LogP contribution < -0.4 is 9.66 Å². The van der Waals surface area contributed by atoms with E-state index in [4.69, 9.17) is 10.8 Å². The number of nitrogens with two attached hydrogens (primary N) is 1. The molecule has 0 atom stereocenters. The largest absolute Gasteiger partial charge is 0.478 e. The van der Waals surface area contributed by atoms with Gasteiger partial charge in [-0.1, -0.05) is 0 Å². The van der Waals surface area contributed by atoms with Crippen molar-refractivity contribution in [2.45, 2.75) is 19.9 Å². The molecular weight excluding hydrogens is 328 g/mol. The number of hydrogen-bond acceptors (Lipinski definition) is 6. The van der Waals surface area contributed by atoms with Crippen molar-refractivity contribution in [2.24, 2.45) is 0 Å². The summed E-state index contributed by atoms with van der Waals surface area (Å²) in [6.07, 6.45) is 4.10. The summed E-state index contributed by atoms with van der Waals surface area (Å²) in [7, 11) is 0. The fourth-order valence-corrected chi connectivity index (χ4v) is 1.75. The Morgan fingerprint density at radius 2 is 2.20 bits per heavy atom. The summed E-state index contributed by atoms with van der Waals surface area (Å²) in [5.74, 6) is -0.580. The summed E-state index contributed by atoms with van der Waals surface area (Å²) in [6.45, 7) is 3.96. The number of hydrogen-bond donors (Lipinski definition) is 2. The highest BCUT2D eigenvalue weighted by Gasteiger charge is 2.15. The van der Waals surface area contributed by atoms with Gasteiger partial charge in [-0.05, 0) is 13.8 Å². The molecule has 0 saturated carbocycles. The molecule has 9 heteroatoms. The number of carboxylic acid groups (broad SMARTS) is 1. The lowest BCUT2D eigenvalue weighted by molar-refractivity contribution is 0.0697. The third kappa shape index (κ3) is 2.72. The second kappa shape index (κ2) is 5.45. The predicted octanol–water partition coefficient (Wildman–Crippen LogP) is 1.47. The molecule has 0 saturated heterocycles. The number of carbonyl (C=O) groups is 1. The molecule has 0 aliphatic carbocycles. The lowest BCUT2D eigenvalue weighted by Gasteiger charge is -2.21. The van der Waals surface area contributed by atoms with Crippen LogP contribution >= 0.6 is 16.1 Å². The summed E-state index contributed by atoms with van der Waals surface area (Å²) in [5, 5.41) is 12.7. The summed E-state index contributed by atoms with van der Waals surface area (Å²) < 4.78 is 3.02. The molecule has 3 N–H and O–H groups in total. The Morgan fingerprint density at radius 1 is 1.50 bits per heavy atom. The molecule has 0 fully saturated rings. The highest BCUT2D eigenvalue weighted by Crippen LogP contribution is 2.25. The van der Waals surface area contributed by atoms with Gasteiger partial charge in [0.05, 0.1) is 34.1 Å². The van der Waals surface area contributed by atoms with Crippen molar-refractivity contribution < 1.29 is 9.90 Å². The van der Waals surface area contributed by atoms with Gasteiger partial charge in [-0.2, -0.15) is 10.1 Å². The van der Waals surface area contributed by atoms with E-state index in [1.54, 1.807) is 10.1 Å². The van der Waals surface area contributed by atoms with Gasteiger partial charge in [0.2, 0.25) is 0 Å². The van der Waals surface area contributed by atoms with Crippen LogP contribution in [0.3, 0.4) is 0 Å². The fourth-order valence-electron chi connectivity index (χ4n) is 1.47. The van der Waals surface area contributed by atoms with E-state index in [2.05, 4.69) is 31.2 Å². The van der Waals surface area contributed by atoms with Crippen molar-refractivity contribution in [3.05, 3.63) is 24.2 Å². The smallest absolute Gasteiger partial charge is 0.338 e. The predicted molar refractivity (Wildman–Crippen MR) is 77.1 cm³/mol. The van der Waals surface area contributed by atoms with Crippen molar-refractivity contribution in [3.63, 3.8) is 0 Å². The summed E-state index contributed by atoms with van der Waals surface area (Å²) in [6, 6.07) is 0.176. The molecule has 0 spiro atoms. The van der Waals surface area contributed by atoms with E-state index < -0.39 is 5.97 Å². The normalized spacial score (nSPS) is 10.8. The molecular formula is C11H13BrN6O2. The first-order valence-electron chi connectivity index (χ1n) is 5.76. The lowest BCUT2D eigenvalue weighted by Crippen LogP contribution is -2.21.